The van der Waals surface area contributed by atoms with Crippen LogP contribution in [0.5, 0.6) is 11.5 Å². The van der Waals surface area contributed by atoms with Crippen LogP contribution < -0.4 is 14.8 Å². The number of benzene rings is 2. The highest BCUT2D eigenvalue weighted by Crippen LogP contribution is 2.41. The van der Waals surface area contributed by atoms with Crippen LogP contribution in [-0.2, 0) is 17.4 Å². The fourth-order valence-electron chi connectivity index (χ4n) is 4.46. The highest BCUT2D eigenvalue weighted by atomic mass is 19.4. The monoisotopic (exact) mass is 513 g/mol. The topological polar surface area (TPSA) is 103 Å². The minimum atomic E-state index is -4.80. The molecule has 2 aromatic heterocycles. The minimum Gasteiger partial charge on any atom is -0.491 e. The molecule has 37 heavy (non-hydrogen) atoms. The van der Waals surface area contributed by atoms with Gasteiger partial charge in [0.1, 0.15) is 22.7 Å². The maximum absolute atomic E-state index is 13.6. The van der Waals surface area contributed by atoms with Gasteiger partial charge in [0.2, 0.25) is 0 Å². The number of hydrogen-bond acceptors (Lipinski definition) is 5. The molecule has 0 bridgehead atoms. The van der Waals surface area contributed by atoms with Crippen molar-refractivity contribution in [3.8, 4) is 11.5 Å². The fourth-order valence-corrected chi connectivity index (χ4v) is 4.46. The number of nitrogens with one attached hydrogen (secondary N) is 1. The Hall–Kier alpha value is -4.54. The van der Waals surface area contributed by atoms with Crippen LogP contribution in [-0.4, -0.2) is 40.0 Å². The Morgan fingerprint density at radius 1 is 1.16 bits per heavy atom. The summed E-state index contributed by atoms with van der Waals surface area (Å²) in [6.07, 6.45) is -1.11. The SMILES string of the molecule is Cn1cc(C(=O)N[C@]2(c3ccc(OC(F)(F)F)cc3)CCOc3cccnc32)c2ccccc21.O=CO. The van der Waals surface area contributed by atoms with Crippen LogP contribution in [0.1, 0.15) is 28.0 Å². The van der Waals surface area contributed by atoms with Crippen LogP contribution in [0.2, 0.25) is 0 Å². The second kappa shape index (κ2) is 10.2. The highest BCUT2D eigenvalue weighted by molar-refractivity contribution is 6.07. The molecule has 0 aliphatic carbocycles. The van der Waals surface area contributed by atoms with E-state index in [0.717, 1.165) is 10.9 Å². The van der Waals surface area contributed by atoms with Crippen molar-refractivity contribution in [1.29, 1.82) is 0 Å². The van der Waals surface area contributed by atoms with E-state index in [-0.39, 0.29) is 24.7 Å². The summed E-state index contributed by atoms with van der Waals surface area (Å²) in [6, 6.07) is 16.5. The number of aryl methyl sites for hydroxylation is 1. The van der Waals surface area contributed by atoms with E-state index >= 15 is 0 Å². The van der Waals surface area contributed by atoms with Crippen LogP contribution in [0, 0.1) is 0 Å². The Bertz CT molecular complexity index is 1420. The van der Waals surface area contributed by atoms with E-state index in [1.165, 1.54) is 24.3 Å². The van der Waals surface area contributed by atoms with E-state index in [1.807, 2.05) is 35.9 Å². The number of alkyl halides is 3. The van der Waals surface area contributed by atoms with Crippen molar-refractivity contribution in [3.63, 3.8) is 0 Å². The molecule has 2 N–H and O–H groups in total. The number of halogens is 3. The standard InChI is InChI=1S/C25H20F3N3O3.CH2O2/c1-31-15-19(18-5-2-3-6-20(18)31)23(32)30-24(12-14-33-21-7-4-13-29-22(21)24)16-8-10-17(11-9-16)34-25(26,27)28;2-1-3/h2-11,13,15H,12,14H2,1H3,(H,30,32);1H,(H,2,3)/t24-;/m0./s1. The summed E-state index contributed by atoms with van der Waals surface area (Å²) < 4.78 is 49.6. The minimum absolute atomic E-state index is 0.250. The molecule has 3 heterocycles. The molecule has 1 aliphatic heterocycles. The number of fused-ring (bicyclic) bond motifs is 2. The van der Waals surface area contributed by atoms with Gasteiger partial charge < -0.3 is 24.5 Å². The molecule has 0 fully saturated rings. The third kappa shape index (κ3) is 5.20. The number of pyridine rings is 1. The number of para-hydroxylation sites is 1. The average Bonchev–Trinajstić information content (AvgIpc) is 3.21. The number of aromatic nitrogens is 2. The lowest BCUT2D eigenvalue weighted by Gasteiger charge is -2.39. The Morgan fingerprint density at radius 3 is 2.57 bits per heavy atom. The molecule has 1 amide bonds. The van der Waals surface area contributed by atoms with Gasteiger partial charge in [-0.25, -0.2) is 0 Å². The molecule has 1 aliphatic rings. The number of rotatable bonds is 4. The number of carboxylic acid groups (broad SMARTS) is 1. The largest absolute Gasteiger partial charge is 0.573 e. The summed E-state index contributed by atoms with van der Waals surface area (Å²) in [7, 11) is 1.86. The Kier molecular flexibility index (Phi) is 7.05. The van der Waals surface area contributed by atoms with Gasteiger partial charge in [0.15, 0.2) is 0 Å². The summed E-state index contributed by atoms with van der Waals surface area (Å²) in [5, 5.41) is 10.8. The van der Waals surface area contributed by atoms with Gasteiger partial charge in [0.05, 0.1) is 12.2 Å². The molecule has 1 atom stereocenters. The van der Waals surface area contributed by atoms with Crippen LogP contribution in [0.15, 0.2) is 73.1 Å². The second-order valence-corrected chi connectivity index (χ2v) is 8.16. The number of ether oxygens (including phenoxy) is 2. The van der Waals surface area contributed by atoms with Crippen molar-refractivity contribution in [3.05, 3.63) is 89.9 Å². The number of carbonyl (C=O) groups is 2. The first-order valence-electron chi connectivity index (χ1n) is 11.1. The molecule has 0 spiro atoms. The van der Waals surface area contributed by atoms with Gasteiger partial charge in [-0.3, -0.25) is 14.6 Å². The van der Waals surface area contributed by atoms with Gasteiger partial charge in [0, 0.05) is 36.8 Å². The number of hydrogen-bond donors (Lipinski definition) is 2. The normalized spacial score (nSPS) is 16.5. The lowest BCUT2D eigenvalue weighted by molar-refractivity contribution is -0.274. The Balaban J connectivity index is 0.00000102. The van der Waals surface area contributed by atoms with Crippen molar-refractivity contribution < 1.29 is 37.3 Å². The third-order valence-corrected chi connectivity index (χ3v) is 5.96. The molecule has 5 rings (SSSR count). The van der Waals surface area contributed by atoms with Gasteiger partial charge in [-0.1, -0.05) is 30.3 Å². The van der Waals surface area contributed by atoms with Gasteiger partial charge >= 0.3 is 6.36 Å². The molecule has 8 nitrogen and oxygen atoms in total. The van der Waals surface area contributed by atoms with Gasteiger partial charge in [-0.05, 0) is 35.9 Å². The van der Waals surface area contributed by atoms with Crippen LogP contribution in [0.4, 0.5) is 13.2 Å². The van der Waals surface area contributed by atoms with E-state index in [2.05, 4.69) is 15.0 Å². The molecule has 11 heteroatoms. The van der Waals surface area contributed by atoms with Crippen molar-refractivity contribution in [2.24, 2.45) is 7.05 Å². The first-order valence-corrected chi connectivity index (χ1v) is 11.1. The lowest BCUT2D eigenvalue weighted by Crippen LogP contribution is -2.50. The summed E-state index contributed by atoms with van der Waals surface area (Å²) in [5.41, 5.74) is 1.33. The Labute approximate surface area is 209 Å². The molecule has 0 saturated heterocycles. The van der Waals surface area contributed by atoms with E-state index in [1.54, 1.807) is 24.5 Å². The van der Waals surface area contributed by atoms with Crippen LogP contribution in [0.25, 0.3) is 10.9 Å². The zero-order valence-corrected chi connectivity index (χ0v) is 19.5. The number of carbonyl (C=O) groups excluding carboxylic acids is 1. The predicted molar refractivity (Wildman–Crippen MR) is 127 cm³/mol. The number of amides is 1. The molecule has 2 aromatic carbocycles. The van der Waals surface area contributed by atoms with E-state index < -0.39 is 11.9 Å². The molecule has 4 aromatic rings. The van der Waals surface area contributed by atoms with Gasteiger partial charge in [-0.2, -0.15) is 0 Å². The first kappa shape index (κ1) is 25.5. The first-order chi connectivity index (χ1) is 17.7. The smallest absolute Gasteiger partial charge is 0.491 e. The molecule has 0 radical (unpaired) electrons. The van der Waals surface area contributed by atoms with Crippen molar-refractivity contribution in [2.45, 2.75) is 18.3 Å². The van der Waals surface area contributed by atoms with E-state index in [9.17, 15) is 18.0 Å². The molecule has 0 unspecified atom stereocenters. The zero-order chi connectivity index (χ0) is 26.6. The van der Waals surface area contributed by atoms with Crippen molar-refractivity contribution in [1.82, 2.24) is 14.9 Å². The van der Waals surface area contributed by atoms with E-state index in [0.29, 0.717) is 29.0 Å². The van der Waals surface area contributed by atoms with Crippen molar-refractivity contribution in [2.75, 3.05) is 6.61 Å². The average molecular weight is 513 g/mol. The van der Waals surface area contributed by atoms with Crippen LogP contribution in [0.3, 0.4) is 0 Å². The Morgan fingerprint density at radius 2 is 1.86 bits per heavy atom. The second-order valence-electron chi connectivity index (χ2n) is 8.16. The summed E-state index contributed by atoms with van der Waals surface area (Å²) >= 11 is 0. The summed E-state index contributed by atoms with van der Waals surface area (Å²) in [4.78, 5) is 26.5. The maximum Gasteiger partial charge on any atom is 0.573 e. The van der Waals surface area contributed by atoms with E-state index in [4.69, 9.17) is 14.6 Å². The van der Waals surface area contributed by atoms with Gasteiger partial charge in [0.25, 0.3) is 12.4 Å². The number of nitrogens with zero attached hydrogens (tertiary/aromatic N) is 2. The lowest BCUT2D eigenvalue weighted by atomic mass is 9.81. The fraction of sp³-hybridized carbons (Fsp3) is 0.192. The summed E-state index contributed by atoms with van der Waals surface area (Å²) in [6.45, 7) is 0.0370. The quantitative estimate of drug-likeness (QED) is 0.386. The third-order valence-electron chi connectivity index (χ3n) is 5.96. The van der Waals surface area contributed by atoms with Gasteiger partial charge in [-0.15, -0.1) is 13.2 Å². The predicted octanol–water partition coefficient (Wildman–Crippen LogP) is 4.63. The van der Waals surface area contributed by atoms with Crippen molar-refractivity contribution >= 4 is 23.3 Å². The maximum atomic E-state index is 13.6. The van der Waals surface area contributed by atoms with Crippen LogP contribution >= 0.6 is 0 Å². The summed E-state index contributed by atoms with van der Waals surface area (Å²) in [5.74, 6) is -0.173. The highest BCUT2D eigenvalue weighted by Gasteiger charge is 2.43. The zero-order valence-electron chi connectivity index (χ0n) is 19.5. The molecule has 192 valence electrons. The molecular formula is C26H22F3N3O5. The molecular weight excluding hydrogens is 491 g/mol. The molecule has 0 saturated carbocycles.